The third kappa shape index (κ3) is 6.21. The second-order valence-corrected chi connectivity index (χ2v) is 5.27. The molecule has 0 aromatic heterocycles. The Kier molecular flexibility index (Phi) is 9.82. The van der Waals surface area contributed by atoms with Gasteiger partial charge in [0.25, 0.3) is 0 Å². The lowest BCUT2D eigenvalue weighted by atomic mass is 10.1. The summed E-state index contributed by atoms with van der Waals surface area (Å²) in [7, 11) is 5.44. The zero-order chi connectivity index (χ0) is 14.3. The summed E-state index contributed by atoms with van der Waals surface area (Å²) >= 11 is 5.83. The molecule has 0 aliphatic carbocycles. The molecule has 1 rings (SSSR count). The van der Waals surface area contributed by atoms with E-state index in [1.165, 1.54) is 5.56 Å². The molecule has 0 saturated heterocycles. The predicted octanol–water partition coefficient (Wildman–Crippen LogP) is 3.47. The van der Waals surface area contributed by atoms with Crippen LogP contribution in [0.15, 0.2) is 18.2 Å². The van der Waals surface area contributed by atoms with Crippen LogP contribution in [0.2, 0.25) is 0 Å². The summed E-state index contributed by atoms with van der Waals surface area (Å²) in [6.45, 7) is 4.20. The summed E-state index contributed by atoms with van der Waals surface area (Å²) in [6.07, 6.45) is 0.992. The van der Waals surface area contributed by atoms with Crippen LogP contribution in [-0.4, -0.2) is 45.1 Å². The number of halogens is 2. The van der Waals surface area contributed by atoms with Gasteiger partial charge in [-0.2, -0.15) is 0 Å². The van der Waals surface area contributed by atoms with Gasteiger partial charge < -0.3 is 14.4 Å². The lowest BCUT2D eigenvalue weighted by Crippen LogP contribution is -2.27. The Balaban J connectivity index is 0.00000361. The van der Waals surface area contributed by atoms with Crippen LogP contribution in [0.4, 0.5) is 0 Å². The van der Waals surface area contributed by atoms with E-state index in [0.717, 1.165) is 31.0 Å². The number of methoxy groups -OCH3 is 2. The number of nitrogens with zero attached hydrogens (tertiary/aromatic N) is 1. The molecule has 0 saturated carbocycles. The van der Waals surface area contributed by atoms with E-state index in [-0.39, 0.29) is 12.4 Å². The van der Waals surface area contributed by atoms with Crippen LogP contribution in [-0.2, 0) is 6.42 Å². The summed E-state index contributed by atoms with van der Waals surface area (Å²) in [4.78, 5) is 2.31. The minimum absolute atomic E-state index is 0. The Bertz CT molecular complexity index is 388. The molecule has 5 heteroatoms. The van der Waals surface area contributed by atoms with Crippen LogP contribution in [0.25, 0.3) is 0 Å². The predicted molar refractivity (Wildman–Crippen MR) is 87.9 cm³/mol. The third-order valence-electron chi connectivity index (χ3n) is 3.12. The number of benzene rings is 1. The molecule has 0 aliphatic rings. The molecule has 0 bridgehead atoms. The molecule has 0 unspecified atom stereocenters. The monoisotopic (exact) mass is 321 g/mol. The Morgan fingerprint density at radius 3 is 2.40 bits per heavy atom. The molecule has 1 aromatic rings. The fraction of sp³-hybridized carbons (Fsp3) is 0.600. The SMILES string of the molecule is COc1ccc(CCN(C)C[C@H](C)CCl)cc1OC.Cl. The summed E-state index contributed by atoms with van der Waals surface area (Å²) in [5.41, 5.74) is 1.25. The zero-order valence-electron chi connectivity index (χ0n) is 12.7. The summed E-state index contributed by atoms with van der Waals surface area (Å²) in [5.74, 6) is 2.80. The minimum Gasteiger partial charge on any atom is -0.493 e. The first-order chi connectivity index (χ1) is 9.10. The van der Waals surface area contributed by atoms with E-state index in [1.54, 1.807) is 14.2 Å². The van der Waals surface area contributed by atoms with Gasteiger partial charge in [0, 0.05) is 19.0 Å². The van der Waals surface area contributed by atoms with Crippen molar-refractivity contribution in [1.82, 2.24) is 4.90 Å². The maximum atomic E-state index is 5.83. The molecule has 0 amide bonds. The average molecular weight is 322 g/mol. The first kappa shape index (κ1) is 19.4. The number of ether oxygens (including phenoxy) is 2. The van der Waals surface area contributed by atoms with E-state index in [1.807, 2.05) is 12.1 Å². The molecule has 0 heterocycles. The lowest BCUT2D eigenvalue weighted by Gasteiger charge is -2.20. The van der Waals surface area contributed by atoms with Gasteiger partial charge in [0.2, 0.25) is 0 Å². The van der Waals surface area contributed by atoms with Gasteiger partial charge in [-0.15, -0.1) is 24.0 Å². The van der Waals surface area contributed by atoms with Crippen molar-refractivity contribution in [1.29, 1.82) is 0 Å². The van der Waals surface area contributed by atoms with Crippen molar-refractivity contribution >= 4 is 24.0 Å². The van der Waals surface area contributed by atoms with Crippen molar-refractivity contribution < 1.29 is 9.47 Å². The summed E-state index contributed by atoms with van der Waals surface area (Å²) in [5, 5.41) is 0. The standard InChI is InChI=1S/C15H24ClNO2.ClH/c1-12(10-16)11-17(2)8-7-13-5-6-14(18-3)15(9-13)19-4;/h5-6,9,12H,7-8,10-11H2,1-4H3;1H/t12-;/m1./s1. The molecule has 116 valence electrons. The second-order valence-electron chi connectivity index (χ2n) is 4.96. The quantitative estimate of drug-likeness (QED) is 0.684. The van der Waals surface area contributed by atoms with E-state index in [2.05, 4.69) is 24.9 Å². The van der Waals surface area contributed by atoms with Gasteiger partial charge in [0.1, 0.15) is 0 Å². The highest BCUT2D eigenvalue weighted by Crippen LogP contribution is 2.27. The van der Waals surface area contributed by atoms with Crippen LogP contribution in [0.5, 0.6) is 11.5 Å². The van der Waals surface area contributed by atoms with E-state index >= 15 is 0 Å². The highest BCUT2D eigenvalue weighted by atomic mass is 35.5. The Morgan fingerprint density at radius 2 is 1.85 bits per heavy atom. The lowest BCUT2D eigenvalue weighted by molar-refractivity contribution is 0.300. The maximum Gasteiger partial charge on any atom is 0.160 e. The van der Waals surface area contributed by atoms with Crippen molar-refractivity contribution in [2.24, 2.45) is 5.92 Å². The van der Waals surface area contributed by atoms with Crippen molar-refractivity contribution in [2.45, 2.75) is 13.3 Å². The summed E-state index contributed by atoms with van der Waals surface area (Å²) in [6, 6.07) is 6.08. The van der Waals surface area contributed by atoms with Crippen LogP contribution >= 0.6 is 24.0 Å². The van der Waals surface area contributed by atoms with Crippen LogP contribution in [0.3, 0.4) is 0 Å². The molecular formula is C15H25Cl2NO2. The van der Waals surface area contributed by atoms with E-state index < -0.39 is 0 Å². The van der Waals surface area contributed by atoms with Crippen molar-refractivity contribution in [3.8, 4) is 11.5 Å². The van der Waals surface area contributed by atoms with Gasteiger partial charge in [0.15, 0.2) is 11.5 Å². The van der Waals surface area contributed by atoms with Gasteiger partial charge in [-0.25, -0.2) is 0 Å². The summed E-state index contributed by atoms with van der Waals surface area (Å²) < 4.78 is 10.5. The molecule has 3 nitrogen and oxygen atoms in total. The normalized spacial score (nSPS) is 11.9. The van der Waals surface area contributed by atoms with Gasteiger partial charge in [0.05, 0.1) is 14.2 Å². The highest BCUT2D eigenvalue weighted by molar-refractivity contribution is 6.18. The minimum atomic E-state index is 0. The number of hydrogen-bond acceptors (Lipinski definition) is 3. The van der Waals surface area contributed by atoms with Gasteiger partial charge in [-0.05, 0) is 37.1 Å². The second kappa shape index (κ2) is 10.1. The molecule has 20 heavy (non-hydrogen) atoms. The molecule has 0 fully saturated rings. The molecule has 1 aromatic carbocycles. The molecule has 0 spiro atoms. The van der Waals surface area contributed by atoms with Gasteiger partial charge in [-0.3, -0.25) is 0 Å². The maximum absolute atomic E-state index is 5.83. The fourth-order valence-electron chi connectivity index (χ4n) is 2.03. The van der Waals surface area contributed by atoms with Gasteiger partial charge in [-0.1, -0.05) is 13.0 Å². The van der Waals surface area contributed by atoms with Crippen LogP contribution < -0.4 is 9.47 Å². The smallest absolute Gasteiger partial charge is 0.160 e. The van der Waals surface area contributed by atoms with E-state index in [4.69, 9.17) is 21.1 Å². The Morgan fingerprint density at radius 1 is 1.20 bits per heavy atom. The van der Waals surface area contributed by atoms with Gasteiger partial charge >= 0.3 is 0 Å². The fourth-order valence-corrected chi connectivity index (χ4v) is 2.13. The van der Waals surface area contributed by atoms with Crippen LogP contribution in [0.1, 0.15) is 12.5 Å². The molecule has 1 atom stereocenters. The first-order valence-corrected chi connectivity index (χ1v) is 7.09. The van der Waals surface area contributed by atoms with Crippen molar-refractivity contribution in [3.05, 3.63) is 23.8 Å². The first-order valence-electron chi connectivity index (χ1n) is 6.56. The zero-order valence-corrected chi connectivity index (χ0v) is 14.3. The number of likely N-dealkylation sites (N-methyl/N-ethyl adjacent to an activating group) is 1. The van der Waals surface area contributed by atoms with Crippen LogP contribution in [0, 0.1) is 5.92 Å². The largest absolute Gasteiger partial charge is 0.493 e. The highest BCUT2D eigenvalue weighted by Gasteiger charge is 2.07. The Hall–Kier alpha value is -0.640. The molecule has 0 aliphatic heterocycles. The topological polar surface area (TPSA) is 21.7 Å². The van der Waals surface area contributed by atoms with Crippen molar-refractivity contribution in [2.75, 3.05) is 40.2 Å². The molecule has 0 radical (unpaired) electrons. The average Bonchev–Trinajstić information content (AvgIpc) is 2.44. The number of rotatable bonds is 8. The number of alkyl halides is 1. The Labute approximate surface area is 133 Å². The number of hydrogen-bond donors (Lipinski definition) is 0. The van der Waals surface area contributed by atoms with Crippen molar-refractivity contribution in [3.63, 3.8) is 0 Å². The molecule has 0 N–H and O–H groups in total. The van der Waals surface area contributed by atoms with E-state index in [0.29, 0.717) is 11.8 Å². The third-order valence-corrected chi connectivity index (χ3v) is 3.64. The van der Waals surface area contributed by atoms with E-state index in [9.17, 15) is 0 Å². The molecular weight excluding hydrogens is 297 g/mol.